The molecular weight excluding hydrogens is 395 g/mol. The van der Waals surface area contributed by atoms with Gasteiger partial charge in [0.1, 0.15) is 11.5 Å². The zero-order chi connectivity index (χ0) is 20.5. The molecule has 0 amide bonds. The van der Waals surface area contributed by atoms with Crippen LogP contribution in [0.15, 0.2) is 90.2 Å². The van der Waals surface area contributed by atoms with Gasteiger partial charge in [0.25, 0.3) is 0 Å². The van der Waals surface area contributed by atoms with Crippen LogP contribution in [-0.4, -0.2) is 29.8 Å². The number of hydrogen-bond acceptors (Lipinski definition) is 4. The smallest absolute Gasteiger partial charge is 0.209 e. The Hall–Kier alpha value is -4.33. The van der Waals surface area contributed by atoms with E-state index in [9.17, 15) is 9.18 Å². The minimum atomic E-state index is -0.465. The van der Waals surface area contributed by atoms with Gasteiger partial charge in [0.05, 0.1) is 23.8 Å². The van der Waals surface area contributed by atoms with Gasteiger partial charge in [-0.3, -0.25) is 9.89 Å². The van der Waals surface area contributed by atoms with Crippen LogP contribution < -0.4 is 5.43 Å². The Kier molecular flexibility index (Phi) is 5.28. The van der Waals surface area contributed by atoms with Crippen molar-refractivity contribution in [3.63, 3.8) is 0 Å². The minimum absolute atomic E-state index is 0. The second kappa shape index (κ2) is 8.19. The molecule has 0 atom stereocenters. The molecule has 0 saturated carbocycles. The Morgan fingerprint density at radius 1 is 0.968 bits per heavy atom. The molecule has 5 rings (SSSR count). The van der Waals surface area contributed by atoms with Crippen LogP contribution in [-0.2, 0) is 0 Å². The van der Waals surface area contributed by atoms with Gasteiger partial charge in [-0.05, 0) is 35.9 Å². The van der Waals surface area contributed by atoms with E-state index in [0.29, 0.717) is 11.3 Å². The third kappa shape index (κ3) is 3.66. The van der Waals surface area contributed by atoms with Crippen LogP contribution in [0.25, 0.3) is 33.9 Å². The highest BCUT2D eigenvalue weighted by molar-refractivity contribution is 5.63. The first-order valence-electron chi connectivity index (χ1n) is 9.19. The molecule has 7 nitrogen and oxygen atoms in total. The molecule has 154 valence electrons. The monoisotopic (exact) mass is 414 g/mol. The average molecular weight is 414 g/mol. The van der Waals surface area contributed by atoms with Gasteiger partial charge in [0.15, 0.2) is 5.69 Å². The minimum Gasteiger partial charge on any atom is -0.287 e. The lowest BCUT2D eigenvalue weighted by Gasteiger charge is -2.11. The molecule has 0 saturated heterocycles. The second-order valence-electron chi connectivity index (χ2n) is 6.59. The lowest BCUT2D eigenvalue weighted by molar-refractivity contribution is 0.609. The van der Waals surface area contributed by atoms with Gasteiger partial charge >= 0.3 is 0 Å². The van der Waals surface area contributed by atoms with E-state index in [-0.39, 0.29) is 24.2 Å². The van der Waals surface area contributed by atoms with E-state index < -0.39 is 5.82 Å². The van der Waals surface area contributed by atoms with Crippen LogP contribution in [0.3, 0.4) is 0 Å². The number of nitrogens with one attached hydrogen (secondary N) is 1. The molecule has 0 aliphatic heterocycles. The lowest BCUT2D eigenvalue weighted by Crippen LogP contribution is -2.15. The van der Waals surface area contributed by atoms with E-state index in [1.807, 2.05) is 30.3 Å². The van der Waals surface area contributed by atoms with Crippen LogP contribution in [0.2, 0.25) is 0 Å². The Bertz CT molecular complexity index is 1370. The van der Waals surface area contributed by atoms with Gasteiger partial charge in [-0.2, -0.15) is 15.3 Å². The SMILES string of the molecule is C.O=c1ccn(-c2ccc(-c3cn[nH]c3)cc2F)nc1-c1ccnn1-c1ccccc1. The fraction of sp³-hybridized carbons (Fsp3) is 0.0435. The highest BCUT2D eigenvalue weighted by atomic mass is 19.1. The molecule has 0 spiro atoms. The molecule has 0 radical (unpaired) electrons. The van der Waals surface area contributed by atoms with Crippen molar-refractivity contribution in [2.45, 2.75) is 7.43 Å². The molecule has 3 aromatic heterocycles. The molecule has 0 fully saturated rings. The number of nitrogens with zero attached hydrogens (tertiary/aromatic N) is 5. The fourth-order valence-electron chi connectivity index (χ4n) is 3.26. The predicted octanol–water partition coefficient (Wildman–Crippen LogP) is 4.25. The third-order valence-corrected chi connectivity index (χ3v) is 4.72. The maximum absolute atomic E-state index is 14.9. The maximum atomic E-state index is 14.9. The molecule has 0 unspecified atom stereocenters. The van der Waals surface area contributed by atoms with Gasteiger partial charge in [-0.25, -0.2) is 13.8 Å². The highest BCUT2D eigenvalue weighted by Crippen LogP contribution is 2.23. The van der Waals surface area contributed by atoms with E-state index in [4.69, 9.17) is 0 Å². The topological polar surface area (TPSA) is 81.4 Å². The van der Waals surface area contributed by atoms with E-state index >= 15 is 0 Å². The number of H-pyrrole nitrogens is 1. The van der Waals surface area contributed by atoms with Crippen LogP contribution >= 0.6 is 0 Å². The summed E-state index contributed by atoms with van der Waals surface area (Å²) in [5.41, 5.74) is 2.92. The third-order valence-electron chi connectivity index (χ3n) is 4.72. The van der Waals surface area contributed by atoms with E-state index in [1.165, 1.54) is 23.0 Å². The molecule has 31 heavy (non-hydrogen) atoms. The summed E-state index contributed by atoms with van der Waals surface area (Å²) >= 11 is 0. The van der Waals surface area contributed by atoms with Gasteiger partial charge in [0.2, 0.25) is 5.43 Å². The fourth-order valence-corrected chi connectivity index (χ4v) is 3.26. The molecule has 1 N–H and O–H groups in total. The number of halogens is 1. The van der Waals surface area contributed by atoms with Crippen molar-refractivity contribution in [1.82, 2.24) is 29.8 Å². The summed E-state index contributed by atoms with van der Waals surface area (Å²) in [6, 6.07) is 17.3. The van der Waals surface area contributed by atoms with Crippen molar-refractivity contribution in [2.75, 3.05) is 0 Å². The first-order valence-corrected chi connectivity index (χ1v) is 9.19. The van der Waals surface area contributed by atoms with Crippen LogP contribution in [0, 0.1) is 5.82 Å². The average Bonchev–Trinajstić information content (AvgIpc) is 3.47. The largest absolute Gasteiger partial charge is 0.287 e. The summed E-state index contributed by atoms with van der Waals surface area (Å²) < 4.78 is 17.8. The Balaban J connectivity index is 0.00000231. The molecule has 8 heteroatoms. The Morgan fingerprint density at radius 3 is 2.55 bits per heavy atom. The summed E-state index contributed by atoms with van der Waals surface area (Å²) in [4.78, 5) is 12.6. The van der Waals surface area contributed by atoms with Crippen molar-refractivity contribution < 1.29 is 4.39 Å². The normalized spacial score (nSPS) is 10.6. The summed E-state index contributed by atoms with van der Waals surface area (Å²) in [5, 5.41) is 15.3. The zero-order valence-electron chi connectivity index (χ0n) is 15.6. The number of para-hydroxylation sites is 1. The highest BCUT2D eigenvalue weighted by Gasteiger charge is 2.15. The molecule has 0 aliphatic rings. The van der Waals surface area contributed by atoms with Crippen LogP contribution in [0.5, 0.6) is 0 Å². The van der Waals surface area contributed by atoms with Crippen molar-refractivity contribution in [1.29, 1.82) is 0 Å². The summed E-state index contributed by atoms with van der Waals surface area (Å²) in [6.45, 7) is 0. The summed E-state index contributed by atoms with van der Waals surface area (Å²) in [7, 11) is 0. The van der Waals surface area contributed by atoms with Gasteiger partial charge in [-0.15, -0.1) is 0 Å². The molecular formula is C23H19FN6O. The quantitative estimate of drug-likeness (QED) is 0.477. The van der Waals surface area contributed by atoms with Crippen LogP contribution in [0.4, 0.5) is 4.39 Å². The maximum Gasteiger partial charge on any atom is 0.209 e. The number of aromatic nitrogens is 6. The first-order chi connectivity index (χ1) is 14.7. The van der Waals surface area contributed by atoms with E-state index in [1.54, 1.807) is 41.5 Å². The number of benzene rings is 2. The van der Waals surface area contributed by atoms with Crippen LogP contribution in [0.1, 0.15) is 7.43 Å². The molecule has 0 bridgehead atoms. The van der Waals surface area contributed by atoms with Gasteiger partial charge < -0.3 is 0 Å². The first kappa shape index (κ1) is 20.0. The lowest BCUT2D eigenvalue weighted by atomic mass is 10.1. The van der Waals surface area contributed by atoms with Crippen molar-refractivity contribution in [3.05, 3.63) is 101 Å². The van der Waals surface area contributed by atoms with Crippen molar-refractivity contribution in [2.24, 2.45) is 0 Å². The molecule has 5 aromatic rings. The number of rotatable bonds is 4. The summed E-state index contributed by atoms with van der Waals surface area (Å²) in [5.74, 6) is -0.465. The predicted molar refractivity (Wildman–Crippen MR) is 117 cm³/mol. The summed E-state index contributed by atoms with van der Waals surface area (Å²) in [6.07, 6.45) is 6.36. The van der Waals surface area contributed by atoms with Gasteiger partial charge in [0, 0.05) is 24.0 Å². The van der Waals surface area contributed by atoms with Gasteiger partial charge in [-0.1, -0.05) is 31.7 Å². The Morgan fingerprint density at radius 2 is 1.81 bits per heavy atom. The van der Waals surface area contributed by atoms with E-state index in [2.05, 4.69) is 20.4 Å². The van der Waals surface area contributed by atoms with E-state index in [0.717, 1.165) is 11.3 Å². The number of aromatic amines is 1. The van der Waals surface area contributed by atoms with Crippen molar-refractivity contribution >= 4 is 0 Å². The molecule has 3 heterocycles. The molecule has 2 aromatic carbocycles. The Labute approximate surface area is 177 Å². The second-order valence-corrected chi connectivity index (χ2v) is 6.59. The zero-order valence-corrected chi connectivity index (χ0v) is 15.6. The standard InChI is InChI=1S/C22H15FN6O.CH4/c23-18-12-15(16-13-24-25-14-16)6-7-19(18)28-11-9-21(30)22(27-28)20-8-10-26-29(20)17-4-2-1-3-5-17;/h1-14H,(H,24,25);1H4. The molecule has 0 aliphatic carbocycles. The number of hydrogen-bond donors (Lipinski definition) is 1. The van der Waals surface area contributed by atoms with Crippen molar-refractivity contribution in [3.8, 4) is 33.9 Å².